The minimum atomic E-state index is -0.0633. The van der Waals surface area contributed by atoms with Gasteiger partial charge in [-0.25, -0.2) is 0 Å². The molecule has 0 radical (unpaired) electrons. The molecule has 0 unspecified atom stereocenters. The molecule has 0 aliphatic heterocycles. The highest BCUT2D eigenvalue weighted by Crippen LogP contribution is 2.20. The smallest absolute Gasteiger partial charge is 0.266 e. The van der Waals surface area contributed by atoms with Crippen LogP contribution in [0.2, 0.25) is 0 Å². The molecule has 1 amide bonds. The van der Waals surface area contributed by atoms with Crippen molar-refractivity contribution in [3.63, 3.8) is 0 Å². The minimum absolute atomic E-state index is 0.0633. The molecule has 0 aliphatic rings. The highest BCUT2D eigenvalue weighted by molar-refractivity contribution is 7.12. The summed E-state index contributed by atoms with van der Waals surface area (Å²) in [5.41, 5.74) is 6.26. The molecule has 96 valence electrons. The molecule has 1 aromatic rings. The van der Waals surface area contributed by atoms with Gasteiger partial charge in [-0.2, -0.15) is 0 Å². The topological polar surface area (TPSA) is 64.8 Å². The van der Waals surface area contributed by atoms with Gasteiger partial charge in [0.1, 0.15) is 4.88 Å². The van der Waals surface area contributed by atoms with Crippen molar-refractivity contribution in [2.75, 3.05) is 46.3 Å². The molecule has 1 aromatic heterocycles. The Morgan fingerprint density at radius 2 is 1.94 bits per heavy atom. The van der Waals surface area contributed by atoms with Crippen molar-refractivity contribution in [2.24, 2.45) is 0 Å². The number of rotatable bonds is 7. The number of nitrogen functional groups attached to an aromatic ring is 1. The zero-order valence-electron chi connectivity index (χ0n) is 10.1. The van der Waals surface area contributed by atoms with Crippen LogP contribution in [-0.4, -0.2) is 51.3 Å². The van der Waals surface area contributed by atoms with Crippen LogP contribution < -0.4 is 5.73 Å². The second-order valence-electron chi connectivity index (χ2n) is 3.48. The fourth-order valence-corrected chi connectivity index (χ4v) is 2.14. The van der Waals surface area contributed by atoms with Gasteiger partial charge in [0.15, 0.2) is 0 Å². The average Bonchev–Trinajstić information content (AvgIpc) is 2.75. The molecule has 1 heterocycles. The minimum Gasteiger partial charge on any atom is -0.397 e. The normalized spacial score (nSPS) is 10.5. The van der Waals surface area contributed by atoms with E-state index in [1.165, 1.54) is 11.3 Å². The number of anilines is 1. The van der Waals surface area contributed by atoms with Crippen molar-refractivity contribution < 1.29 is 14.3 Å². The van der Waals surface area contributed by atoms with Gasteiger partial charge < -0.3 is 20.1 Å². The van der Waals surface area contributed by atoms with Crippen LogP contribution >= 0.6 is 11.3 Å². The Labute approximate surface area is 105 Å². The third-order valence-corrected chi connectivity index (χ3v) is 3.23. The number of carbonyl (C=O) groups excluding carboxylic acids is 1. The van der Waals surface area contributed by atoms with Gasteiger partial charge in [0.05, 0.1) is 18.9 Å². The van der Waals surface area contributed by atoms with E-state index in [2.05, 4.69) is 0 Å². The van der Waals surface area contributed by atoms with E-state index in [0.717, 1.165) is 0 Å². The van der Waals surface area contributed by atoms with E-state index in [0.29, 0.717) is 36.9 Å². The molecule has 0 saturated heterocycles. The molecule has 17 heavy (non-hydrogen) atoms. The lowest BCUT2D eigenvalue weighted by Gasteiger charge is -2.21. The summed E-state index contributed by atoms with van der Waals surface area (Å²) in [7, 11) is 3.22. The summed E-state index contributed by atoms with van der Waals surface area (Å²) in [5, 5.41) is 1.81. The molecular formula is C11H18N2O3S. The highest BCUT2D eigenvalue weighted by Gasteiger charge is 2.18. The lowest BCUT2D eigenvalue weighted by atomic mass is 10.3. The van der Waals surface area contributed by atoms with Gasteiger partial charge in [-0.05, 0) is 11.4 Å². The van der Waals surface area contributed by atoms with Crippen LogP contribution in [0.5, 0.6) is 0 Å². The molecule has 0 spiro atoms. The molecule has 0 saturated carbocycles. The SMILES string of the molecule is COCCN(CCOC)C(=O)c1sccc1N. The maximum Gasteiger partial charge on any atom is 0.266 e. The van der Waals surface area contributed by atoms with Gasteiger partial charge in [0.2, 0.25) is 0 Å². The monoisotopic (exact) mass is 258 g/mol. The summed E-state index contributed by atoms with van der Waals surface area (Å²) in [6.45, 7) is 2.08. The molecule has 0 aromatic carbocycles. The van der Waals surface area contributed by atoms with E-state index in [4.69, 9.17) is 15.2 Å². The summed E-state index contributed by atoms with van der Waals surface area (Å²) in [6.07, 6.45) is 0. The van der Waals surface area contributed by atoms with Gasteiger partial charge in [-0.3, -0.25) is 4.79 Å². The predicted octanol–water partition coefficient (Wildman–Crippen LogP) is 1.07. The van der Waals surface area contributed by atoms with Crippen molar-refractivity contribution in [3.05, 3.63) is 16.3 Å². The first-order valence-corrected chi connectivity index (χ1v) is 6.18. The van der Waals surface area contributed by atoms with E-state index >= 15 is 0 Å². The summed E-state index contributed by atoms with van der Waals surface area (Å²) in [5.74, 6) is -0.0633. The van der Waals surface area contributed by atoms with Crippen LogP contribution in [0.3, 0.4) is 0 Å². The van der Waals surface area contributed by atoms with Crippen LogP contribution in [0.25, 0.3) is 0 Å². The van der Waals surface area contributed by atoms with Crippen LogP contribution in [0.1, 0.15) is 9.67 Å². The third-order valence-electron chi connectivity index (χ3n) is 2.31. The number of amides is 1. The second-order valence-corrected chi connectivity index (χ2v) is 4.40. The average molecular weight is 258 g/mol. The predicted molar refractivity (Wildman–Crippen MR) is 68.4 cm³/mol. The Kier molecular flexibility index (Phi) is 5.96. The van der Waals surface area contributed by atoms with Gasteiger partial charge >= 0.3 is 0 Å². The molecule has 0 aliphatic carbocycles. The molecule has 0 bridgehead atoms. The van der Waals surface area contributed by atoms with Gasteiger partial charge in [-0.1, -0.05) is 0 Å². The second kappa shape index (κ2) is 7.26. The first kappa shape index (κ1) is 14.0. The number of nitrogens with two attached hydrogens (primary N) is 1. The molecule has 6 heteroatoms. The fourth-order valence-electron chi connectivity index (χ4n) is 1.35. The van der Waals surface area contributed by atoms with E-state index in [-0.39, 0.29) is 5.91 Å². The van der Waals surface area contributed by atoms with E-state index < -0.39 is 0 Å². The lowest BCUT2D eigenvalue weighted by molar-refractivity contribution is 0.0633. The van der Waals surface area contributed by atoms with Crippen molar-refractivity contribution in [2.45, 2.75) is 0 Å². The molecule has 0 atom stereocenters. The maximum absolute atomic E-state index is 12.2. The Morgan fingerprint density at radius 1 is 1.35 bits per heavy atom. The molecule has 2 N–H and O–H groups in total. The first-order chi connectivity index (χ1) is 8.20. The Balaban J connectivity index is 2.68. The molecule has 1 rings (SSSR count). The zero-order valence-corrected chi connectivity index (χ0v) is 11.0. The van der Waals surface area contributed by atoms with Crippen molar-refractivity contribution in [3.8, 4) is 0 Å². The van der Waals surface area contributed by atoms with Crippen LogP contribution in [0, 0.1) is 0 Å². The van der Waals surface area contributed by atoms with Crippen LogP contribution in [-0.2, 0) is 9.47 Å². The number of thiophene rings is 1. The lowest BCUT2D eigenvalue weighted by Crippen LogP contribution is -2.36. The number of hydrogen-bond acceptors (Lipinski definition) is 5. The Morgan fingerprint density at radius 3 is 2.35 bits per heavy atom. The molecular weight excluding hydrogens is 240 g/mol. The molecule has 0 fully saturated rings. The summed E-state index contributed by atoms with van der Waals surface area (Å²) < 4.78 is 9.97. The van der Waals surface area contributed by atoms with Crippen molar-refractivity contribution in [1.82, 2.24) is 4.90 Å². The maximum atomic E-state index is 12.2. The van der Waals surface area contributed by atoms with Gasteiger partial charge in [-0.15, -0.1) is 11.3 Å². The number of hydrogen-bond donors (Lipinski definition) is 1. The van der Waals surface area contributed by atoms with E-state index in [9.17, 15) is 4.79 Å². The summed E-state index contributed by atoms with van der Waals surface area (Å²) in [4.78, 5) is 14.5. The largest absolute Gasteiger partial charge is 0.397 e. The van der Waals surface area contributed by atoms with Gasteiger partial charge in [0.25, 0.3) is 5.91 Å². The first-order valence-electron chi connectivity index (χ1n) is 5.30. The van der Waals surface area contributed by atoms with Crippen LogP contribution in [0.4, 0.5) is 5.69 Å². The Hall–Kier alpha value is -1.11. The van der Waals surface area contributed by atoms with E-state index in [1.807, 2.05) is 5.38 Å². The van der Waals surface area contributed by atoms with Crippen molar-refractivity contribution >= 4 is 22.9 Å². The van der Waals surface area contributed by atoms with Gasteiger partial charge in [0, 0.05) is 27.3 Å². The number of nitrogens with zero attached hydrogens (tertiary/aromatic N) is 1. The number of methoxy groups -OCH3 is 2. The standard InChI is InChI=1S/C11H18N2O3S/c1-15-6-4-13(5-7-16-2)11(14)10-9(12)3-8-17-10/h3,8H,4-7,12H2,1-2H3. The van der Waals surface area contributed by atoms with Crippen molar-refractivity contribution in [1.29, 1.82) is 0 Å². The third kappa shape index (κ3) is 3.99. The summed E-state index contributed by atoms with van der Waals surface area (Å²) in [6, 6.07) is 1.74. The number of carbonyl (C=O) groups is 1. The van der Waals surface area contributed by atoms with Crippen LogP contribution in [0.15, 0.2) is 11.4 Å². The molecule has 5 nitrogen and oxygen atoms in total. The summed E-state index contributed by atoms with van der Waals surface area (Å²) >= 11 is 1.36. The quantitative estimate of drug-likeness (QED) is 0.794. The van der Waals surface area contributed by atoms with E-state index in [1.54, 1.807) is 25.2 Å². The zero-order chi connectivity index (χ0) is 12.7. The fraction of sp³-hybridized carbons (Fsp3) is 0.545. The number of ether oxygens (including phenoxy) is 2. The Bertz CT molecular complexity index is 346. The highest BCUT2D eigenvalue weighted by atomic mass is 32.1.